The molecule has 0 aliphatic carbocycles. The maximum absolute atomic E-state index is 13.0. The van der Waals surface area contributed by atoms with Gasteiger partial charge in [-0.15, -0.1) is 0 Å². The molecule has 2 unspecified atom stereocenters. The quantitative estimate of drug-likeness (QED) is 0.790. The molecule has 0 radical (unpaired) electrons. The van der Waals surface area contributed by atoms with E-state index < -0.39 is 0 Å². The molecule has 0 saturated carbocycles. The first-order valence-electron chi connectivity index (χ1n) is 8.96. The highest BCUT2D eigenvalue weighted by Crippen LogP contribution is 2.37. The van der Waals surface area contributed by atoms with Crippen LogP contribution in [0, 0.1) is 11.8 Å². The molecule has 1 aromatic rings. The minimum absolute atomic E-state index is 0.185. The number of imide groups is 1. The molecule has 134 valence electrons. The summed E-state index contributed by atoms with van der Waals surface area (Å²) in [6.45, 7) is 8.21. The topological polar surface area (TPSA) is 49.9 Å². The van der Waals surface area contributed by atoms with Gasteiger partial charge in [0.1, 0.15) is 11.4 Å². The molecule has 2 atom stereocenters. The fourth-order valence-corrected chi connectivity index (χ4v) is 4.08. The van der Waals surface area contributed by atoms with Crippen LogP contribution in [0.15, 0.2) is 30.0 Å². The molecule has 0 N–H and O–H groups in total. The summed E-state index contributed by atoms with van der Waals surface area (Å²) in [5.74, 6) is 1.20. The molecule has 5 heteroatoms. The Labute approximate surface area is 149 Å². The first-order chi connectivity index (χ1) is 12.0. The molecule has 2 heterocycles. The summed E-state index contributed by atoms with van der Waals surface area (Å²) >= 11 is 0. The van der Waals surface area contributed by atoms with Crippen LogP contribution < -0.4 is 4.74 Å². The van der Waals surface area contributed by atoms with Crippen molar-refractivity contribution < 1.29 is 14.3 Å². The van der Waals surface area contributed by atoms with Crippen LogP contribution in [-0.4, -0.2) is 48.4 Å². The van der Waals surface area contributed by atoms with E-state index in [4.69, 9.17) is 4.74 Å². The number of carbonyl (C=O) groups is 2. The fraction of sp³-hybridized carbons (Fsp3) is 0.500. The Morgan fingerprint density at radius 1 is 1.08 bits per heavy atom. The average molecular weight is 342 g/mol. The monoisotopic (exact) mass is 342 g/mol. The SMILES string of the molecule is CCN1C(=O)C(c2ccccc2OC)=C(N2CC(C)CC(C)C2)C1=O. The van der Waals surface area contributed by atoms with Crippen LogP contribution in [0.4, 0.5) is 0 Å². The van der Waals surface area contributed by atoms with Crippen molar-refractivity contribution in [3.05, 3.63) is 35.5 Å². The molecule has 0 spiro atoms. The molecule has 2 aliphatic heterocycles. The summed E-state index contributed by atoms with van der Waals surface area (Å²) in [5, 5.41) is 0. The van der Waals surface area contributed by atoms with Gasteiger partial charge in [0.2, 0.25) is 0 Å². The summed E-state index contributed by atoms with van der Waals surface area (Å²) in [4.78, 5) is 29.4. The lowest BCUT2D eigenvalue weighted by molar-refractivity contribution is -0.137. The van der Waals surface area contributed by atoms with Crippen molar-refractivity contribution in [2.75, 3.05) is 26.7 Å². The number of para-hydroxylation sites is 1. The van der Waals surface area contributed by atoms with Gasteiger partial charge in [-0.1, -0.05) is 32.0 Å². The van der Waals surface area contributed by atoms with E-state index >= 15 is 0 Å². The average Bonchev–Trinajstić information content (AvgIpc) is 2.83. The molecule has 3 rings (SSSR count). The van der Waals surface area contributed by atoms with Gasteiger partial charge in [0.25, 0.3) is 11.8 Å². The number of hydrogen-bond donors (Lipinski definition) is 0. The van der Waals surface area contributed by atoms with E-state index in [1.165, 1.54) is 4.90 Å². The maximum atomic E-state index is 13.0. The minimum Gasteiger partial charge on any atom is -0.496 e. The van der Waals surface area contributed by atoms with E-state index in [-0.39, 0.29) is 11.8 Å². The first kappa shape index (κ1) is 17.5. The van der Waals surface area contributed by atoms with E-state index in [2.05, 4.69) is 18.7 Å². The van der Waals surface area contributed by atoms with Crippen LogP contribution >= 0.6 is 0 Å². The highest BCUT2D eigenvalue weighted by atomic mass is 16.5. The standard InChI is InChI=1S/C20H26N2O3/c1-5-22-19(23)17(15-8-6-7-9-16(15)25-4)18(20(22)24)21-11-13(2)10-14(3)12-21/h6-9,13-14H,5,10-12H2,1-4H3. The molecule has 1 aromatic carbocycles. The van der Waals surface area contributed by atoms with Crippen LogP contribution in [-0.2, 0) is 9.59 Å². The van der Waals surface area contributed by atoms with Gasteiger partial charge in [-0.25, -0.2) is 0 Å². The third-order valence-corrected chi connectivity index (χ3v) is 5.02. The summed E-state index contributed by atoms with van der Waals surface area (Å²) < 4.78 is 5.45. The molecule has 25 heavy (non-hydrogen) atoms. The Balaban J connectivity index is 2.15. The smallest absolute Gasteiger partial charge is 0.277 e. The van der Waals surface area contributed by atoms with Crippen molar-refractivity contribution in [2.45, 2.75) is 27.2 Å². The third kappa shape index (κ3) is 3.03. The van der Waals surface area contributed by atoms with Crippen molar-refractivity contribution in [2.24, 2.45) is 11.8 Å². The molecule has 1 fully saturated rings. The maximum Gasteiger partial charge on any atom is 0.277 e. The number of carbonyl (C=O) groups excluding carboxylic acids is 2. The molecule has 0 bridgehead atoms. The number of benzene rings is 1. The number of nitrogens with zero attached hydrogens (tertiary/aromatic N) is 2. The lowest BCUT2D eigenvalue weighted by Gasteiger charge is -2.37. The van der Waals surface area contributed by atoms with Gasteiger partial charge >= 0.3 is 0 Å². The lowest BCUT2D eigenvalue weighted by Crippen LogP contribution is -2.41. The molecule has 2 amide bonds. The van der Waals surface area contributed by atoms with Crippen LogP contribution in [0.1, 0.15) is 32.8 Å². The number of methoxy groups -OCH3 is 1. The van der Waals surface area contributed by atoms with Crippen molar-refractivity contribution in [3.8, 4) is 5.75 Å². The van der Waals surface area contributed by atoms with Crippen molar-refractivity contribution in [1.29, 1.82) is 0 Å². The summed E-state index contributed by atoms with van der Waals surface area (Å²) in [5.41, 5.74) is 1.71. The van der Waals surface area contributed by atoms with E-state index in [1.807, 2.05) is 31.2 Å². The summed E-state index contributed by atoms with van der Waals surface area (Å²) in [6, 6.07) is 7.42. The van der Waals surface area contributed by atoms with Gasteiger partial charge in [0, 0.05) is 25.2 Å². The van der Waals surface area contributed by atoms with Crippen molar-refractivity contribution in [1.82, 2.24) is 9.80 Å². The van der Waals surface area contributed by atoms with E-state index in [9.17, 15) is 9.59 Å². The minimum atomic E-state index is -0.224. The molecule has 5 nitrogen and oxygen atoms in total. The molecule has 0 aromatic heterocycles. The number of ether oxygens (including phenoxy) is 1. The molecular formula is C20H26N2O3. The third-order valence-electron chi connectivity index (χ3n) is 5.02. The Hall–Kier alpha value is -2.30. The number of amides is 2. The van der Waals surface area contributed by atoms with E-state index in [0.717, 1.165) is 19.5 Å². The highest BCUT2D eigenvalue weighted by Gasteiger charge is 2.42. The number of likely N-dealkylation sites (N-methyl/N-ethyl adjacent to an activating group) is 1. The molecule has 1 saturated heterocycles. The molecule has 2 aliphatic rings. The van der Waals surface area contributed by atoms with Gasteiger partial charge in [-0.3, -0.25) is 14.5 Å². The normalized spacial score (nSPS) is 24.3. The second kappa shape index (κ2) is 6.90. The largest absolute Gasteiger partial charge is 0.496 e. The van der Waals surface area contributed by atoms with Crippen LogP contribution in [0.3, 0.4) is 0 Å². The summed E-state index contributed by atoms with van der Waals surface area (Å²) in [6.07, 6.45) is 1.15. The Morgan fingerprint density at radius 2 is 1.72 bits per heavy atom. The second-order valence-corrected chi connectivity index (χ2v) is 7.13. The van der Waals surface area contributed by atoms with Crippen LogP contribution in [0.2, 0.25) is 0 Å². The fourth-order valence-electron chi connectivity index (χ4n) is 4.08. The number of piperidine rings is 1. The zero-order valence-electron chi connectivity index (χ0n) is 15.4. The lowest BCUT2D eigenvalue weighted by atomic mass is 9.91. The van der Waals surface area contributed by atoms with Crippen LogP contribution in [0.25, 0.3) is 5.57 Å². The Morgan fingerprint density at radius 3 is 2.32 bits per heavy atom. The van der Waals surface area contributed by atoms with Gasteiger partial charge in [0.15, 0.2) is 0 Å². The predicted octanol–water partition coefficient (Wildman–Crippen LogP) is 2.77. The Kier molecular flexibility index (Phi) is 4.84. The van der Waals surface area contributed by atoms with E-state index in [0.29, 0.717) is 41.0 Å². The number of hydrogen-bond acceptors (Lipinski definition) is 4. The van der Waals surface area contributed by atoms with Crippen molar-refractivity contribution >= 4 is 17.4 Å². The molecular weight excluding hydrogens is 316 g/mol. The zero-order valence-corrected chi connectivity index (χ0v) is 15.4. The number of likely N-dealkylation sites (tertiary alicyclic amines) is 1. The Bertz CT molecular complexity index is 715. The van der Waals surface area contributed by atoms with Gasteiger partial charge < -0.3 is 9.64 Å². The van der Waals surface area contributed by atoms with Gasteiger partial charge in [0.05, 0.1) is 12.7 Å². The van der Waals surface area contributed by atoms with E-state index in [1.54, 1.807) is 7.11 Å². The zero-order chi connectivity index (χ0) is 18.1. The first-order valence-corrected chi connectivity index (χ1v) is 8.96. The van der Waals surface area contributed by atoms with Gasteiger partial charge in [-0.05, 0) is 31.2 Å². The number of rotatable bonds is 4. The van der Waals surface area contributed by atoms with Crippen LogP contribution in [0.5, 0.6) is 5.75 Å². The second-order valence-electron chi connectivity index (χ2n) is 7.13. The predicted molar refractivity (Wildman–Crippen MR) is 96.8 cm³/mol. The van der Waals surface area contributed by atoms with Crippen molar-refractivity contribution in [3.63, 3.8) is 0 Å². The summed E-state index contributed by atoms with van der Waals surface area (Å²) in [7, 11) is 1.59. The van der Waals surface area contributed by atoms with Gasteiger partial charge in [-0.2, -0.15) is 0 Å². The highest BCUT2D eigenvalue weighted by molar-refractivity contribution is 6.36.